The molecule has 0 bridgehead atoms. The van der Waals surface area contributed by atoms with Gasteiger partial charge in [0.1, 0.15) is 0 Å². The molecule has 4 aliphatic rings. The summed E-state index contributed by atoms with van der Waals surface area (Å²) in [4.78, 5) is 0. The van der Waals surface area contributed by atoms with Crippen LogP contribution in [0.5, 0.6) is 0 Å². The van der Waals surface area contributed by atoms with Crippen LogP contribution in [-0.2, 0) is 0 Å². The van der Waals surface area contributed by atoms with Crippen LogP contribution in [0.15, 0.2) is 36.0 Å². The van der Waals surface area contributed by atoms with Crippen LogP contribution in [0, 0.1) is 40.4 Å². The van der Waals surface area contributed by atoms with Crippen molar-refractivity contribution in [2.75, 3.05) is 0 Å². The van der Waals surface area contributed by atoms with Gasteiger partial charge in [-0.1, -0.05) is 63.0 Å². The SMILES string of the molecule is C=CC[C@@H]1[C@H](O)CC2=CC=C3[C@@H]4CC[C@H]([C@H](C)CCCC(C)(C)O)[C@@]4(C)CC[C@@H]3[C@@]2(C)[C@H]1O. The quantitative estimate of drug-likeness (QED) is 0.400. The molecule has 0 radical (unpaired) electrons. The Morgan fingerprint density at radius 3 is 2.55 bits per heavy atom. The Labute approximate surface area is 202 Å². The molecule has 0 saturated heterocycles. The van der Waals surface area contributed by atoms with Gasteiger partial charge in [0.05, 0.1) is 17.8 Å². The monoisotopic (exact) mass is 456 g/mol. The van der Waals surface area contributed by atoms with E-state index in [-0.39, 0.29) is 11.3 Å². The smallest absolute Gasteiger partial charge is 0.0692 e. The second kappa shape index (κ2) is 8.95. The lowest BCUT2D eigenvalue weighted by Gasteiger charge is -2.58. The zero-order chi connectivity index (χ0) is 24.2. The minimum Gasteiger partial charge on any atom is -0.392 e. The number of aliphatic hydroxyl groups is 3. The lowest BCUT2D eigenvalue weighted by molar-refractivity contribution is -0.0961. The molecule has 3 nitrogen and oxygen atoms in total. The fraction of sp³-hybridized carbons (Fsp3) is 0.800. The van der Waals surface area contributed by atoms with E-state index in [4.69, 9.17) is 0 Å². The fourth-order valence-corrected chi connectivity index (χ4v) is 8.70. The van der Waals surface area contributed by atoms with Gasteiger partial charge >= 0.3 is 0 Å². The van der Waals surface area contributed by atoms with E-state index in [0.29, 0.717) is 36.0 Å². The van der Waals surface area contributed by atoms with E-state index in [1.54, 1.807) is 5.57 Å². The minimum atomic E-state index is -0.565. The van der Waals surface area contributed by atoms with Crippen molar-refractivity contribution in [2.24, 2.45) is 40.4 Å². The molecule has 0 aromatic carbocycles. The van der Waals surface area contributed by atoms with E-state index in [0.717, 1.165) is 25.2 Å². The molecule has 3 heteroatoms. The summed E-state index contributed by atoms with van der Waals surface area (Å²) in [6.07, 6.45) is 14.9. The Morgan fingerprint density at radius 2 is 1.88 bits per heavy atom. The summed E-state index contributed by atoms with van der Waals surface area (Å²) in [6.45, 7) is 15.0. The van der Waals surface area contributed by atoms with E-state index in [1.807, 2.05) is 19.9 Å². The van der Waals surface area contributed by atoms with Gasteiger partial charge in [0.25, 0.3) is 0 Å². The van der Waals surface area contributed by atoms with Gasteiger partial charge in [-0.2, -0.15) is 0 Å². The molecule has 0 aromatic heterocycles. The number of hydrogen-bond acceptors (Lipinski definition) is 3. The standard InChI is InChI=1S/C30H48O3/c1-7-9-22-26(31)18-20-11-12-21-24-14-13-23(19(2)10-8-16-28(3,4)33)29(24,5)17-15-25(21)30(20,6)27(22)32/h7,11-12,19,22-27,31-33H,1,8-10,13-18H2,2-6H3/t19-,22-,23-,24+,25+,26-,27+,29-,30+/m1/s1. The maximum atomic E-state index is 11.6. The molecule has 4 rings (SSSR count). The molecule has 0 heterocycles. The zero-order valence-corrected chi connectivity index (χ0v) is 21.7. The molecule has 0 aliphatic heterocycles. The van der Waals surface area contributed by atoms with Crippen LogP contribution in [0.2, 0.25) is 0 Å². The van der Waals surface area contributed by atoms with Crippen molar-refractivity contribution in [1.82, 2.24) is 0 Å². The summed E-state index contributed by atoms with van der Waals surface area (Å²) >= 11 is 0. The van der Waals surface area contributed by atoms with Crippen molar-refractivity contribution >= 4 is 0 Å². The van der Waals surface area contributed by atoms with Gasteiger partial charge in [-0.05, 0) is 87.9 Å². The van der Waals surface area contributed by atoms with E-state index in [1.165, 1.54) is 31.3 Å². The molecule has 3 N–H and O–H groups in total. The normalized spacial score (nSPS) is 43.6. The van der Waals surface area contributed by atoms with Gasteiger partial charge in [-0.3, -0.25) is 0 Å². The molecular formula is C30H48O3. The number of allylic oxidation sites excluding steroid dienone is 4. The highest BCUT2D eigenvalue weighted by Gasteiger charge is 2.60. The molecule has 9 atom stereocenters. The highest BCUT2D eigenvalue weighted by Crippen LogP contribution is 2.66. The van der Waals surface area contributed by atoms with Crippen molar-refractivity contribution in [2.45, 2.75) is 110 Å². The third-order valence-electron chi connectivity index (χ3n) is 10.6. The molecule has 3 saturated carbocycles. The first-order valence-electron chi connectivity index (χ1n) is 13.5. The second-order valence-electron chi connectivity index (χ2n) is 13.1. The lowest BCUT2D eigenvalue weighted by Crippen LogP contribution is -2.56. The highest BCUT2D eigenvalue weighted by molar-refractivity contribution is 5.40. The highest BCUT2D eigenvalue weighted by atomic mass is 16.3. The summed E-state index contributed by atoms with van der Waals surface area (Å²) in [7, 11) is 0. The summed E-state index contributed by atoms with van der Waals surface area (Å²) in [6, 6.07) is 0. The Hall–Kier alpha value is -0.900. The molecule has 33 heavy (non-hydrogen) atoms. The Kier molecular flexibility index (Phi) is 6.84. The average Bonchev–Trinajstić information content (AvgIpc) is 3.09. The Morgan fingerprint density at radius 1 is 1.15 bits per heavy atom. The summed E-state index contributed by atoms with van der Waals surface area (Å²) in [5.41, 5.74) is 2.32. The lowest BCUT2D eigenvalue weighted by atomic mass is 9.48. The van der Waals surface area contributed by atoms with Crippen LogP contribution in [0.4, 0.5) is 0 Å². The van der Waals surface area contributed by atoms with Gasteiger partial charge < -0.3 is 15.3 Å². The third-order valence-corrected chi connectivity index (χ3v) is 10.6. The van der Waals surface area contributed by atoms with E-state index >= 15 is 0 Å². The number of aliphatic hydroxyl groups excluding tert-OH is 2. The molecule has 0 aromatic rings. The first-order chi connectivity index (χ1) is 15.4. The van der Waals surface area contributed by atoms with Crippen molar-refractivity contribution in [3.8, 4) is 0 Å². The maximum Gasteiger partial charge on any atom is 0.0692 e. The van der Waals surface area contributed by atoms with Gasteiger partial charge in [0.2, 0.25) is 0 Å². The van der Waals surface area contributed by atoms with E-state index in [9.17, 15) is 15.3 Å². The van der Waals surface area contributed by atoms with Crippen LogP contribution in [0.1, 0.15) is 92.4 Å². The molecule has 4 aliphatic carbocycles. The van der Waals surface area contributed by atoms with Crippen LogP contribution in [0.3, 0.4) is 0 Å². The topological polar surface area (TPSA) is 60.7 Å². The second-order valence-corrected chi connectivity index (χ2v) is 13.1. The number of fused-ring (bicyclic) bond motifs is 5. The first kappa shape index (κ1) is 25.2. The van der Waals surface area contributed by atoms with Crippen LogP contribution in [-0.4, -0.2) is 33.1 Å². The first-order valence-corrected chi connectivity index (χ1v) is 13.5. The number of rotatable bonds is 7. The van der Waals surface area contributed by atoms with Crippen LogP contribution >= 0.6 is 0 Å². The summed E-state index contributed by atoms with van der Waals surface area (Å²) < 4.78 is 0. The molecule has 0 unspecified atom stereocenters. The van der Waals surface area contributed by atoms with E-state index < -0.39 is 17.8 Å². The average molecular weight is 457 g/mol. The number of hydrogen-bond donors (Lipinski definition) is 3. The van der Waals surface area contributed by atoms with Crippen LogP contribution < -0.4 is 0 Å². The fourth-order valence-electron chi connectivity index (χ4n) is 8.70. The predicted octanol–water partition coefficient (Wildman–Crippen LogP) is 6.20. The van der Waals surface area contributed by atoms with Gasteiger partial charge in [-0.15, -0.1) is 6.58 Å². The maximum absolute atomic E-state index is 11.6. The van der Waals surface area contributed by atoms with Gasteiger partial charge in [-0.25, -0.2) is 0 Å². The largest absolute Gasteiger partial charge is 0.392 e. The van der Waals surface area contributed by atoms with Crippen molar-refractivity contribution in [1.29, 1.82) is 0 Å². The molecule has 186 valence electrons. The molecule has 0 amide bonds. The zero-order valence-electron chi connectivity index (χ0n) is 21.7. The van der Waals surface area contributed by atoms with Gasteiger partial charge in [0, 0.05) is 11.3 Å². The van der Waals surface area contributed by atoms with Crippen molar-refractivity contribution < 1.29 is 15.3 Å². The summed E-state index contributed by atoms with van der Waals surface area (Å²) in [5, 5.41) is 32.4. The molecular weight excluding hydrogens is 408 g/mol. The molecule has 3 fully saturated rings. The minimum absolute atomic E-state index is 0.121. The van der Waals surface area contributed by atoms with Crippen molar-refractivity contribution in [3.05, 3.63) is 36.0 Å². The van der Waals surface area contributed by atoms with E-state index in [2.05, 4.69) is 39.5 Å². The Balaban J connectivity index is 1.55. The Bertz CT molecular complexity index is 804. The predicted molar refractivity (Wildman–Crippen MR) is 136 cm³/mol. The third kappa shape index (κ3) is 4.21. The summed E-state index contributed by atoms with van der Waals surface area (Å²) in [5.74, 6) is 2.27. The van der Waals surface area contributed by atoms with Crippen molar-refractivity contribution in [3.63, 3.8) is 0 Å². The van der Waals surface area contributed by atoms with Gasteiger partial charge in [0.15, 0.2) is 0 Å². The molecule has 0 spiro atoms. The van der Waals surface area contributed by atoms with Crippen LogP contribution in [0.25, 0.3) is 0 Å².